The number of rotatable bonds is 4. The topological polar surface area (TPSA) is 90.0 Å². The Hall–Kier alpha value is -2.71. The van der Waals surface area contributed by atoms with Crippen LogP contribution in [0.1, 0.15) is 34.7 Å². The lowest BCUT2D eigenvalue weighted by atomic mass is 9.88. The highest BCUT2D eigenvalue weighted by Gasteiger charge is 2.40. The molecule has 0 bridgehead atoms. The Kier molecular flexibility index (Phi) is 5.72. The predicted octanol–water partition coefficient (Wildman–Crippen LogP) is 3.42. The molecule has 3 atom stereocenters. The van der Waals surface area contributed by atoms with Crippen LogP contribution in [0.25, 0.3) is 0 Å². The first-order valence-corrected chi connectivity index (χ1v) is 7.27. The molecule has 2 rings (SSSR count). The van der Waals surface area contributed by atoms with E-state index in [1.54, 1.807) is 0 Å². The number of nitriles is 1. The third-order valence-electron chi connectivity index (χ3n) is 3.65. The smallest absolute Gasteiger partial charge is 0.387 e. The molecule has 0 fully saturated rings. The first-order chi connectivity index (χ1) is 12.4. The Morgan fingerprint density at radius 3 is 1.70 bits per heavy atom. The molecule has 0 aliphatic rings. The molecule has 144 valence electrons. The van der Waals surface area contributed by atoms with Gasteiger partial charge in [0.2, 0.25) is 0 Å². The largest absolute Gasteiger partial charge is 0.433 e. The number of hydrogen-bond donors (Lipinski definition) is 2. The Bertz CT molecular complexity index is 801. The van der Waals surface area contributed by atoms with Crippen molar-refractivity contribution in [3.8, 4) is 6.07 Å². The van der Waals surface area contributed by atoms with Crippen LogP contribution in [-0.2, 0) is 12.4 Å². The van der Waals surface area contributed by atoms with Gasteiger partial charge in [-0.25, -0.2) is 4.98 Å². The zero-order chi connectivity index (χ0) is 20.4. The Balaban J connectivity index is 2.50. The van der Waals surface area contributed by atoms with Crippen molar-refractivity contribution in [1.82, 2.24) is 9.97 Å². The SMILES string of the molecule is N#CC(C(O)c1ccncc1)C(O)c1cc(C(F)(F)F)nc(C(F)(F)F)c1. The van der Waals surface area contributed by atoms with Crippen molar-refractivity contribution in [1.29, 1.82) is 5.26 Å². The number of nitrogens with zero attached hydrogens (tertiary/aromatic N) is 3. The number of pyridine rings is 2. The molecule has 0 aliphatic heterocycles. The van der Waals surface area contributed by atoms with E-state index < -0.39 is 47.4 Å². The molecule has 0 saturated carbocycles. The van der Waals surface area contributed by atoms with E-state index in [2.05, 4.69) is 9.97 Å². The fraction of sp³-hybridized carbons (Fsp3) is 0.312. The van der Waals surface area contributed by atoms with Crippen LogP contribution in [0, 0.1) is 17.2 Å². The van der Waals surface area contributed by atoms with Crippen LogP contribution in [0.4, 0.5) is 26.3 Å². The molecule has 2 heterocycles. The van der Waals surface area contributed by atoms with Crippen LogP contribution < -0.4 is 0 Å². The van der Waals surface area contributed by atoms with Gasteiger partial charge in [-0.15, -0.1) is 0 Å². The highest BCUT2D eigenvalue weighted by atomic mass is 19.4. The van der Waals surface area contributed by atoms with Gasteiger partial charge in [-0.3, -0.25) is 4.98 Å². The van der Waals surface area contributed by atoms with E-state index in [1.165, 1.54) is 30.6 Å². The summed E-state index contributed by atoms with van der Waals surface area (Å²) in [5.74, 6) is -1.74. The van der Waals surface area contributed by atoms with E-state index in [1.807, 2.05) is 0 Å². The Morgan fingerprint density at radius 1 is 0.852 bits per heavy atom. The van der Waals surface area contributed by atoms with E-state index in [0.717, 1.165) is 0 Å². The van der Waals surface area contributed by atoms with Crippen LogP contribution in [0.15, 0.2) is 36.7 Å². The molecule has 0 aromatic carbocycles. The van der Waals surface area contributed by atoms with Gasteiger partial charge in [-0.2, -0.15) is 31.6 Å². The molecule has 11 heteroatoms. The minimum atomic E-state index is -5.21. The highest BCUT2D eigenvalue weighted by Crippen LogP contribution is 2.38. The van der Waals surface area contributed by atoms with Crippen molar-refractivity contribution in [2.45, 2.75) is 24.6 Å². The predicted molar refractivity (Wildman–Crippen MR) is 77.5 cm³/mol. The fourth-order valence-corrected chi connectivity index (χ4v) is 2.30. The van der Waals surface area contributed by atoms with Crippen LogP contribution in [0.3, 0.4) is 0 Å². The lowest BCUT2D eigenvalue weighted by molar-refractivity contribution is -0.150. The van der Waals surface area contributed by atoms with Gasteiger partial charge in [0.15, 0.2) is 0 Å². The summed E-state index contributed by atoms with van der Waals surface area (Å²) in [6, 6.07) is 4.51. The fourth-order valence-electron chi connectivity index (χ4n) is 2.30. The first kappa shape index (κ1) is 20.6. The molecule has 0 saturated heterocycles. The molecule has 27 heavy (non-hydrogen) atoms. The second kappa shape index (κ2) is 7.50. The number of aromatic nitrogens is 2. The summed E-state index contributed by atoms with van der Waals surface area (Å²) >= 11 is 0. The van der Waals surface area contributed by atoms with E-state index in [9.17, 15) is 41.8 Å². The van der Waals surface area contributed by atoms with E-state index >= 15 is 0 Å². The lowest BCUT2D eigenvalue weighted by Gasteiger charge is -2.23. The molecule has 2 aromatic heterocycles. The number of aliphatic hydroxyl groups excluding tert-OH is 2. The average molecular weight is 391 g/mol. The van der Waals surface area contributed by atoms with Crippen LogP contribution >= 0.6 is 0 Å². The van der Waals surface area contributed by atoms with Crippen molar-refractivity contribution in [2.75, 3.05) is 0 Å². The zero-order valence-electron chi connectivity index (χ0n) is 13.2. The van der Waals surface area contributed by atoms with Gasteiger partial charge in [0.05, 0.1) is 18.3 Å². The van der Waals surface area contributed by atoms with Gasteiger partial charge < -0.3 is 10.2 Å². The molecule has 0 amide bonds. The van der Waals surface area contributed by atoms with Crippen LogP contribution in [-0.4, -0.2) is 20.2 Å². The molecule has 0 spiro atoms. The van der Waals surface area contributed by atoms with Crippen molar-refractivity contribution in [3.05, 3.63) is 59.2 Å². The summed E-state index contributed by atoms with van der Waals surface area (Å²) in [5, 5.41) is 29.6. The second-order valence-electron chi connectivity index (χ2n) is 5.49. The van der Waals surface area contributed by atoms with Crippen LogP contribution in [0.2, 0.25) is 0 Å². The maximum Gasteiger partial charge on any atom is 0.433 e. The molecule has 2 aromatic rings. The molecule has 5 nitrogen and oxygen atoms in total. The van der Waals surface area contributed by atoms with E-state index in [4.69, 9.17) is 0 Å². The monoisotopic (exact) mass is 391 g/mol. The standard InChI is InChI=1S/C16H11F6N3O2/c17-15(18,19)11-5-9(6-12(25-11)16(20,21)22)14(27)10(7-23)13(26)8-1-3-24-4-2-8/h1-6,10,13-14,26-27H. The summed E-state index contributed by atoms with van der Waals surface area (Å²) in [4.78, 5) is 6.21. The van der Waals surface area contributed by atoms with Crippen molar-refractivity contribution in [2.24, 2.45) is 5.92 Å². The van der Waals surface area contributed by atoms with Gasteiger partial charge in [0, 0.05) is 12.4 Å². The molecule has 3 unspecified atom stereocenters. The number of alkyl halides is 6. The number of aliphatic hydroxyl groups is 2. The van der Waals surface area contributed by atoms with Gasteiger partial charge in [-0.05, 0) is 35.4 Å². The second-order valence-corrected chi connectivity index (χ2v) is 5.49. The first-order valence-electron chi connectivity index (χ1n) is 7.27. The number of halogens is 6. The molecule has 0 aliphatic carbocycles. The third kappa shape index (κ3) is 4.72. The molecular formula is C16H11F6N3O2. The molecule has 0 radical (unpaired) electrons. The Labute approximate surface area is 148 Å². The summed E-state index contributed by atoms with van der Waals surface area (Å²) in [6.07, 6.45) is -11.7. The Morgan fingerprint density at radius 2 is 1.30 bits per heavy atom. The zero-order valence-corrected chi connectivity index (χ0v) is 13.2. The minimum Gasteiger partial charge on any atom is -0.387 e. The van der Waals surface area contributed by atoms with Gasteiger partial charge >= 0.3 is 12.4 Å². The third-order valence-corrected chi connectivity index (χ3v) is 3.65. The molecule has 2 N–H and O–H groups in total. The van der Waals surface area contributed by atoms with Crippen LogP contribution in [0.5, 0.6) is 0 Å². The summed E-state index contributed by atoms with van der Waals surface area (Å²) < 4.78 is 77.2. The maximum atomic E-state index is 12.9. The van der Waals surface area contributed by atoms with Crippen molar-refractivity contribution >= 4 is 0 Å². The van der Waals surface area contributed by atoms with Crippen molar-refractivity contribution in [3.63, 3.8) is 0 Å². The number of hydrogen-bond acceptors (Lipinski definition) is 5. The molecular weight excluding hydrogens is 380 g/mol. The maximum absolute atomic E-state index is 12.9. The quantitative estimate of drug-likeness (QED) is 0.780. The highest BCUT2D eigenvalue weighted by molar-refractivity contribution is 5.29. The van der Waals surface area contributed by atoms with Gasteiger partial charge in [-0.1, -0.05) is 0 Å². The summed E-state index contributed by atoms with van der Waals surface area (Å²) in [5.41, 5.74) is -4.48. The van der Waals surface area contributed by atoms with E-state index in [-0.39, 0.29) is 17.7 Å². The normalized spacial score (nSPS) is 15.7. The van der Waals surface area contributed by atoms with Gasteiger partial charge in [0.25, 0.3) is 0 Å². The summed E-state index contributed by atoms with van der Waals surface area (Å²) in [6.45, 7) is 0. The van der Waals surface area contributed by atoms with E-state index in [0.29, 0.717) is 0 Å². The van der Waals surface area contributed by atoms with Crippen molar-refractivity contribution < 1.29 is 36.6 Å². The van der Waals surface area contributed by atoms with Gasteiger partial charge in [0.1, 0.15) is 17.3 Å². The lowest BCUT2D eigenvalue weighted by Crippen LogP contribution is -2.22. The average Bonchev–Trinajstić information content (AvgIpc) is 2.61. The minimum absolute atomic E-state index is 0.108. The summed E-state index contributed by atoms with van der Waals surface area (Å²) in [7, 11) is 0.